The van der Waals surface area contributed by atoms with Gasteiger partial charge >= 0.3 is 0 Å². The fourth-order valence-electron chi connectivity index (χ4n) is 3.86. The number of unbranched alkanes of at least 4 members (excludes halogenated alkanes) is 4. The molecule has 0 spiro atoms. The second-order valence-corrected chi connectivity index (χ2v) is 7.68. The number of hydrogen-bond acceptors (Lipinski definition) is 2. The van der Waals surface area contributed by atoms with Crippen LogP contribution in [-0.4, -0.2) is 36.3 Å². The summed E-state index contributed by atoms with van der Waals surface area (Å²) >= 11 is 0. The van der Waals surface area contributed by atoms with Gasteiger partial charge in [0.1, 0.15) is 0 Å². The molecule has 1 rings (SSSR count). The third-order valence-electron chi connectivity index (χ3n) is 5.34. The Morgan fingerprint density at radius 2 is 1.80 bits per heavy atom. The summed E-state index contributed by atoms with van der Waals surface area (Å²) in [6, 6.07) is 0. The second-order valence-electron chi connectivity index (χ2n) is 7.68. The van der Waals surface area contributed by atoms with Crippen LogP contribution in [0.5, 0.6) is 0 Å². The van der Waals surface area contributed by atoms with E-state index in [1.54, 1.807) is 0 Å². The predicted molar refractivity (Wildman–Crippen MR) is 104 cm³/mol. The molecule has 0 radical (unpaired) electrons. The molecular weight excluding hydrogens is 312 g/mol. The molecule has 25 heavy (non-hydrogen) atoms. The molecule has 0 aliphatic carbocycles. The van der Waals surface area contributed by atoms with Gasteiger partial charge in [-0.25, -0.2) is 0 Å². The Morgan fingerprint density at radius 3 is 2.48 bits per heavy atom. The van der Waals surface area contributed by atoms with Gasteiger partial charge in [-0.15, -0.1) is 0 Å². The van der Waals surface area contributed by atoms with Crippen molar-refractivity contribution in [1.82, 2.24) is 10.2 Å². The molecule has 1 heterocycles. The van der Waals surface area contributed by atoms with Gasteiger partial charge in [-0.2, -0.15) is 0 Å². The Hall–Kier alpha value is -1.06. The van der Waals surface area contributed by atoms with Gasteiger partial charge in [0.05, 0.1) is 5.92 Å². The lowest BCUT2D eigenvalue weighted by Gasteiger charge is -2.18. The lowest BCUT2D eigenvalue weighted by atomic mass is 9.93. The Kier molecular flexibility index (Phi) is 11.6. The minimum absolute atomic E-state index is 0.0742. The van der Waals surface area contributed by atoms with Gasteiger partial charge in [0.25, 0.3) is 0 Å². The fraction of sp³-hybridized carbons (Fsp3) is 0.905. The third kappa shape index (κ3) is 8.73. The number of carbonyl (C=O) groups excluding carboxylic acids is 2. The Morgan fingerprint density at radius 1 is 1.04 bits per heavy atom. The molecule has 1 saturated heterocycles. The largest absolute Gasteiger partial charge is 0.356 e. The maximum absolute atomic E-state index is 12.3. The number of nitrogens with zero attached hydrogens (tertiary/aromatic N) is 1. The fourth-order valence-corrected chi connectivity index (χ4v) is 3.86. The van der Waals surface area contributed by atoms with Crippen LogP contribution in [0.4, 0.5) is 0 Å². The van der Waals surface area contributed by atoms with Crippen LogP contribution >= 0.6 is 0 Å². The van der Waals surface area contributed by atoms with E-state index in [0.29, 0.717) is 13.0 Å². The van der Waals surface area contributed by atoms with Gasteiger partial charge < -0.3 is 10.2 Å². The number of hydrogen-bond donors (Lipinski definition) is 1. The highest BCUT2D eigenvalue weighted by Crippen LogP contribution is 2.21. The summed E-state index contributed by atoms with van der Waals surface area (Å²) in [5.41, 5.74) is 0. The van der Waals surface area contributed by atoms with Gasteiger partial charge in [0.2, 0.25) is 11.8 Å². The topological polar surface area (TPSA) is 49.4 Å². The van der Waals surface area contributed by atoms with Crippen molar-refractivity contribution < 1.29 is 9.59 Å². The Bertz CT molecular complexity index is 384. The minimum atomic E-state index is -0.141. The van der Waals surface area contributed by atoms with Crippen molar-refractivity contribution in [3.63, 3.8) is 0 Å². The van der Waals surface area contributed by atoms with Gasteiger partial charge in [0.15, 0.2) is 0 Å². The summed E-state index contributed by atoms with van der Waals surface area (Å²) in [5.74, 6) is 0.800. The highest BCUT2D eigenvalue weighted by molar-refractivity contribution is 5.89. The van der Waals surface area contributed by atoms with Crippen molar-refractivity contribution in [2.24, 2.45) is 11.8 Å². The van der Waals surface area contributed by atoms with Gasteiger partial charge in [-0.3, -0.25) is 9.59 Å². The molecule has 0 saturated carbocycles. The van der Waals surface area contributed by atoms with E-state index in [4.69, 9.17) is 0 Å². The van der Waals surface area contributed by atoms with Crippen LogP contribution < -0.4 is 5.32 Å². The van der Waals surface area contributed by atoms with E-state index in [-0.39, 0.29) is 17.7 Å². The molecule has 4 nitrogen and oxygen atoms in total. The first kappa shape index (κ1) is 22.0. The Balaban J connectivity index is 2.23. The molecule has 1 aliphatic heterocycles. The van der Waals surface area contributed by atoms with Crippen LogP contribution in [0.15, 0.2) is 0 Å². The lowest BCUT2D eigenvalue weighted by molar-refractivity contribution is -0.129. The van der Waals surface area contributed by atoms with E-state index >= 15 is 0 Å². The normalized spacial score (nSPS) is 18.6. The number of amides is 2. The molecule has 1 N–H and O–H groups in total. The molecule has 0 aromatic carbocycles. The van der Waals surface area contributed by atoms with Crippen LogP contribution in [0.1, 0.15) is 91.4 Å². The molecule has 4 heteroatoms. The van der Waals surface area contributed by atoms with Gasteiger partial charge in [-0.05, 0) is 18.8 Å². The van der Waals surface area contributed by atoms with Crippen molar-refractivity contribution in [2.75, 3.05) is 19.6 Å². The first-order chi connectivity index (χ1) is 12.1. The molecule has 0 aromatic rings. The van der Waals surface area contributed by atoms with Gasteiger partial charge in [0, 0.05) is 26.1 Å². The zero-order valence-corrected chi connectivity index (χ0v) is 16.8. The minimum Gasteiger partial charge on any atom is -0.356 e. The highest BCUT2D eigenvalue weighted by Gasteiger charge is 2.33. The van der Waals surface area contributed by atoms with Gasteiger partial charge in [-0.1, -0.05) is 72.1 Å². The van der Waals surface area contributed by atoms with Crippen molar-refractivity contribution >= 4 is 11.8 Å². The molecule has 0 aromatic heterocycles. The van der Waals surface area contributed by atoms with E-state index in [1.165, 1.54) is 51.4 Å². The van der Waals surface area contributed by atoms with E-state index in [0.717, 1.165) is 31.8 Å². The first-order valence-electron chi connectivity index (χ1n) is 10.7. The molecular formula is C21H40N2O2. The standard InChI is InChI=1S/C21H40N2O2/c1-4-7-8-9-10-12-18(11-5-2)13-14-22-21(25)19-16-20(24)23(17-19)15-6-3/h18-19H,4-17H2,1-3H3,(H,22,25). The average molecular weight is 353 g/mol. The molecule has 0 bridgehead atoms. The van der Waals surface area contributed by atoms with Crippen LogP contribution in [0.25, 0.3) is 0 Å². The smallest absolute Gasteiger partial charge is 0.225 e. The van der Waals surface area contributed by atoms with Crippen LogP contribution in [0, 0.1) is 11.8 Å². The molecule has 2 unspecified atom stereocenters. The van der Waals surface area contributed by atoms with E-state index in [9.17, 15) is 9.59 Å². The maximum Gasteiger partial charge on any atom is 0.225 e. The van der Waals surface area contributed by atoms with Crippen molar-refractivity contribution in [2.45, 2.75) is 91.4 Å². The summed E-state index contributed by atoms with van der Waals surface area (Å²) in [6.07, 6.45) is 12.9. The highest BCUT2D eigenvalue weighted by atomic mass is 16.2. The van der Waals surface area contributed by atoms with Crippen LogP contribution in [-0.2, 0) is 9.59 Å². The summed E-state index contributed by atoms with van der Waals surface area (Å²) in [7, 11) is 0. The predicted octanol–water partition coefficient (Wildman–Crippen LogP) is 4.53. The summed E-state index contributed by atoms with van der Waals surface area (Å²) in [5, 5.41) is 3.09. The van der Waals surface area contributed by atoms with E-state index < -0.39 is 0 Å². The first-order valence-corrected chi connectivity index (χ1v) is 10.7. The maximum atomic E-state index is 12.3. The monoisotopic (exact) mass is 352 g/mol. The van der Waals surface area contributed by atoms with Crippen LogP contribution in [0.3, 0.4) is 0 Å². The molecule has 1 fully saturated rings. The SMILES string of the molecule is CCCCCCCC(CCC)CCNC(=O)C1CC(=O)N(CCC)C1. The lowest BCUT2D eigenvalue weighted by Crippen LogP contribution is -2.34. The zero-order valence-electron chi connectivity index (χ0n) is 16.8. The summed E-state index contributed by atoms with van der Waals surface area (Å²) in [4.78, 5) is 26.0. The van der Waals surface area contributed by atoms with Crippen molar-refractivity contribution in [3.05, 3.63) is 0 Å². The number of rotatable bonds is 14. The van der Waals surface area contributed by atoms with Crippen molar-refractivity contribution in [1.29, 1.82) is 0 Å². The molecule has 1 aliphatic rings. The zero-order chi connectivity index (χ0) is 18.5. The molecule has 146 valence electrons. The van der Waals surface area contributed by atoms with Crippen molar-refractivity contribution in [3.8, 4) is 0 Å². The number of likely N-dealkylation sites (tertiary alicyclic amines) is 1. The average Bonchev–Trinajstić information content (AvgIpc) is 2.96. The third-order valence-corrected chi connectivity index (χ3v) is 5.34. The molecule has 2 amide bonds. The number of nitrogens with one attached hydrogen (secondary N) is 1. The number of carbonyl (C=O) groups is 2. The van der Waals surface area contributed by atoms with E-state index in [2.05, 4.69) is 26.1 Å². The Labute approximate surface area is 155 Å². The molecule has 2 atom stereocenters. The quantitative estimate of drug-likeness (QED) is 0.467. The van der Waals surface area contributed by atoms with E-state index in [1.807, 2.05) is 4.90 Å². The van der Waals surface area contributed by atoms with Crippen LogP contribution in [0.2, 0.25) is 0 Å². The summed E-state index contributed by atoms with van der Waals surface area (Å²) < 4.78 is 0. The second kappa shape index (κ2) is 13.2. The summed E-state index contributed by atoms with van der Waals surface area (Å²) in [6.45, 7) is 8.71.